The normalized spacial score (nSPS) is 15.1. The first-order valence-electron chi connectivity index (χ1n) is 11.8. The topological polar surface area (TPSA) is 79.8 Å². The first-order chi connectivity index (χ1) is 17.5. The Labute approximate surface area is 215 Å². The molecule has 0 spiro atoms. The number of hydrogen-bond donors (Lipinski definition) is 2. The minimum absolute atomic E-state index is 0.125. The quantitative estimate of drug-likeness (QED) is 0.411. The number of anilines is 1. The van der Waals surface area contributed by atoms with Crippen molar-refractivity contribution in [2.75, 3.05) is 17.7 Å². The van der Waals surface area contributed by atoms with Crippen LogP contribution in [0.25, 0.3) is 5.70 Å². The van der Waals surface area contributed by atoms with Crippen molar-refractivity contribution in [2.24, 2.45) is 4.99 Å². The molecule has 0 aliphatic carbocycles. The Morgan fingerprint density at radius 3 is 2.22 bits per heavy atom. The van der Waals surface area contributed by atoms with Crippen molar-refractivity contribution in [2.45, 2.75) is 26.8 Å². The lowest BCUT2D eigenvalue weighted by atomic mass is 9.94. The molecule has 0 bridgehead atoms. The lowest BCUT2D eigenvalue weighted by Crippen LogP contribution is -2.32. The number of benzene rings is 3. The van der Waals surface area contributed by atoms with E-state index in [1.165, 1.54) is 11.8 Å². The average molecular weight is 500 g/mol. The maximum atomic E-state index is 13.1. The van der Waals surface area contributed by atoms with Gasteiger partial charge in [-0.2, -0.15) is 0 Å². The third kappa shape index (κ3) is 5.86. The second kappa shape index (κ2) is 11.7. The zero-order chi connectivity index (χ0) is 25.5. The van der Waals surface area contributed by atoms with Crippen molar-refractivity contribution in [1.82, 2.24) is 5.32 Å². The third-order valence-electron chi connectivity index (χ3n) is 5.78. The van der Waals surface area contributed by atoms with E-state index in [2.05, 4.69) is 10.6 Å². The van der Waals surface area contributed by atoms with Gasteiger partial charge < -0.3 is 15.4 Å². The van der Waals surface area contributed by atoms with E-state index in [4.69, 9.17) is 9.73 Å². The number of carbonyl (C=O) groups is 2. The molecule has 4 rings (SSSR count). The van der Waals surface area contributed by atoms with Crippen LogP contribution in [0.3, 0.4) is 0 Å². The molecule has 0 saturated carbocycles. The number of carbonyl (C=O) groups excluding carboxylic acids is 2. The number of thioether (sulfide) groups is 1. The van der Waals surface area contributed by atoms with Gasteiger partial charge in [-0.05, 0) is 43.0 Å². The molecule has 1 aliphatic rings. The summed E-state index contributed by atoms with van der Waals surface area (Å²) in [4.78, 5) is 30.8. The maximum absolute atomic E-state index is 13.1. The minimum atomic E-state index is -0.564. The lowest BCUT2D eigenvalue weighted by Gasteiger charge is -2.27. The predicted octanol–water partition coefficient (Wildman–Crippen LogP) is 5.65. The molecule has 1 heterocycles. The fraction of sp³-hybridized carbons (Fsp3) is 0.207. The average Bonchev–Trinajstić information content (AvgIpc) is 2.90. The van der Waals surface area contributed by atoms with E-state index in [1.807, 2.05) is 92.7 Å². The highest BCUT2D eigenvalue weighted by atomic mass is 32.2. The second-order valence-corrected chi connectivity index (χ2v) is 9.32. The SMILES string of the molecule is CCOC(=O)C1=C(c2ccccc2)NC(SCC(=O)Nc2c(C)cccc2C)=N[C@H]1c1ccccc1. The summed E-state index contributed by atoms with van der Waals surface area (Å²) in [6.45, 7) is 5.99. The summed E-state index contributed by atoms with van der Waals surface area (Å²) in [5.41, 5.74) is 5.65. The molecule has 0 unspecified atom stereocenters. The number of ether oxygens (including phenoxy) is 1. The number of amidine groups is 1. The van der Waals surface area contributed by atoms with Crippen LogP contribution in [-0.2, 0) is 14.3 Å². The van der Waals surface area contributed by atoms with Crippen molar-refractivity contribution < 1.29 is 14.3 Å². The molecule has 3 aromatic carbocycles. The third-order valence-corrected chi connectivity index (χ3v) is 6.67. The van der Waals surface area contributed by atoms with Crippen LogP contribution in [0.2, 0.25) is 0 Å². The van der Waals surface area contributed by atoms with Gasteiger partial charge in [0.1, 0.15) is 6.04 Å². The summed E-state index contributed by atoms with van der Waals surface area (Å²) in [5, 5.41) is 6.89. The zero-order valence-electron chi connectivity index (χ0n) is 20.6. The maximum Gasteiger partial charge on any atom is 0.338 e. The molecular formula is C29H29N3O3S. The summed E-state index contributed by atoms with van der Waals surface area (Å²) in [7, 11) is 0. The lowest BCUT2D eigenvalue weighted by molar-refractivity contribution is -0.138. The Morgan fingerprint density at radius 1 is 0.944 bits per heavy atom. The Bertz CT molecular complexity index is 1280. The number of amides is 1. The Balaban J connectivity index is 1.64. The number of esters is 1. The number of hydrogen-bond acceptors (Lipinski definition) is 6. The first-order valence-corrected chi connectivity index (χ1v) is 12.8. The molecule has 7 heteroatoms. The van der Waals surface area contributed by atoms with E-state index >= 15 is 0 Å². The number of aryl methyl sites for hydroxylation is 2. The largest absolute Gasteiger partial charge is 0.463 e. The molecule has 0 saturated heterocycles. The van der Waals surface area contributed by atoms with Crippen LogP contribution in [-0.4, -0.2) is 29.4 Å². The molecule has 1 amide bonds. The van der Waals surface area contributed by atoms with Gasteiger partial charge in [-0.15, -0.1) is 0 Å². The predicted molar refractivity (Wildman–Crippen MR) is 147 cm³/mol. The summed E-state index contributed by atoms with van der Waals surface area (Å²) in [6, 6.07) is 24.6. The van der Waals surface area contributed by atoms with Gasteiger partial charge in [0.25, 0.3) is 0 Å². The highest BCUT2D eigenvalue weighted by molar-refractivity contribution is 8.14. The summed E-state index contributed by atoms with van der Waals surface area (Å²) < 4.78 is 5.43. The van der Waals surface area contributed by atoms with E-state index < -0.39 is 12.0 Å². The van der Waals surface area contributed by atoms with Gasteiger partial charge in [0, 0.05) is 5.69 Å². The van der Waals surface area contributed by atoms with Gasteiger partial charge in [0.05, 0.1) is 23.6 Å². The van der Waals surface area contributed by atoms with Crippen LogP contribution in [0.4, 0.5) is 5.69 Å². The standard InChI is InChI=1S/C29H29N3O3S/c1-4-35-28(34)24-26(21-14-7-5-8-15-21)31-29(32-27(24)22-16-9-6-10-17-22)36-18-23(33)30-25-19(2)12-11-13-20(25)3/h5-17,26H,4,18H2,1-3H3,(H,30,33)(H,31,32)/t26-/m0/s1. The summed E-state index contributed by atoms with van der Waals surface area (Å²) in [6.07, 6.45) is 0. The molecule has 184 valence electrons. The number of nitrogens with zero attached hydrogens (tertiary/aromatic N) is 1. The van der Waals surface area contributed by atoms with Crippen molar-refractivity contribution in [3.05, 3.63) is 107 Å². The van der Waals surface area contributed by atoms with Crippen LogP contribution >= 0.6 is 11.8 Å². The minimum Gasteiger partial charge on any atom is -0.463 e. The molecule has 0 fully saturated rings. The monoisotopic (exact) mass is 499 g/mol. The van der Waals surface area contributed by atoms with Gasteiger partial charge in [-0.25, -0.2) is 9.79 Å². The van der Waals surface area contributed by atoms with E-state index in [0.717, 1.165) is 27.9 Å². The zero-order valence-corrected chi connectivity index (χ0v) is 21.4. The van der Waals surface area contributed by atoms with Gasteiger partial charge >= 0.3 is 5.97 Å². The molecule has 6 nitrogen and oxygen atoms in total. The molecular weight excluding hydrogens is 470 g/mol. The van der Waals surface area contributed by atoms with Crippen LogP contribution in [0.15, 0.2) is 89.4 Å². The molecule has 36 heavy (non-hydrogen) atoms. The molecule has 2 N–H and O–H groups in total. The van der Waals surface area contributed by atoms with E-state index in [1.54, 1.807) is 6.92 Å². The van der Waals surface area contributed by atoms with Crippen LogP contribution in [0.5, 0.6) is 0 Å². The Kier molecular flexibility index (Phi) is 8.23. The Hall–Kier alpha value is -3.84. The van der Waals surface area contributed by atoms with E-state index in [0.29, 0.717) is 16.4 Å². The van der Waals surface area contributed by atoms with E-state index in [-0.39, 0.29) is 18.3 Å². The highest BCUT2D eigenvalue weighted by Gasteiger charge is 2.32. The Morgan fingerprint density at radius 2 is 1.58 bits per heavy atom. The number of aliphatic imine (C=N–C) groups is 1. The molecule has 1 aliphatic heterocycles. The summed E-state index contributed by atoms with van der Waals surface area (Å²) in [5.74, 6) is -0.379. The van der Waals surface area contributed by atoms with Crippen LogP contribution in [0, 0.1) is 13.8 Å². The number of nitrogens with one attached hydrogen (secondary N) is 2. The van der Waals surface area contributed by atoms with Crippen LogP contribution < -0.4 is 10.6 Å². The van der Waals surface area contributed by atoms with Gasteiger partial charge in [-0.1, -0.05) is 90.6 Å². The number of rotatable bonds is 7. The van der Waals surface area contributed by atoms with E-state index in [9.17, 15) is 9.59 Å². The van der Waals surface area contributed by atoms with Crippen LogP contribution in [0.1, 0.15) is 35.2 Å². The smallest absolute Gasteiger partial charge is 0.338 e. The highest BCUT2D eigenvalue weighted by Crippen LogP contribution is 2.36. The van der Waals surface area contributed by atoms with Crippen molar-refractivity contribution in [3.8, 4) is 0 Å². The van der Waals surface area contributed by atoms with Gasteiger partial charge in [-0.3, -0.25) is 4.79 Å². The summed E-state index contributed by atoms with van der Waals surface area (Å²) >= 11 is 1.30. The first kappa shape index (κ1) is 25.3. The number of para-hydroxylation sites is 1. The van der Waals surface area contributed by atoms with Crippen molar-refractivity contribution in [1.29, 1.82) is 0 Å². The van der Waals surface area contributed by atoms with Gasteiger partial charge in [0.2, 0.25) is 5.91 Å². The fourth-order valence-electron chi connectivity index (χ4n) is 4.05. The molecule has 0 radical (unpaired) electrons. The van der Waals surface area contributed by atoms with Crippen molar-refractivity contribution in [3.63, 3.8) is 0 Å². The molecule has 1 atom stereocenters. The molecule has 3 aromatic rings. The van der Waals surface area contributed by atoms with Gasteiger partial charge in [0.15, 0.2) is 5.17 Å². The van der Waals surface area contributed by atoms with Crippen molar-refractivity contribution >= 4 is 40.2 Å². The fourth-order valence-corrected chi connectivity index (χ4v) is 4.75. The second-order valence-electron chi connectivity index (χ2n) is 8.35. The molecule has 0 aromatic heterocycles.